The fourth-order valence-electron chi connectivity index (χ4n) is 2.80. The van der Waals surface area contributed by atoms with E-state index in [2.05, 4.69) is 4.98 Å². The van der Waals surface area contributed by atoms with E-state index in [0.29, 0.717) is 5.69 Å². The predicted molar refractivity (Wildman–Crippen MR) is 98.8 cm³/mol. The molecule has 1 atom stereocenters. The van der Waals surface area contributed by atoms with Gasteiger partial charge in [-0.25, -0.2) is 4.39 Å². The maximum Gasteiger partial charge on any atom is 0.328 e. The number of aromatic nitrogens is 1. The van der Waals surface area contributed by atoms with E-state index in [0.717, 1.165) is 0 Å². The van der Waals surface area contributed by atoms with Gasteiger partial charge in [0.15, 0.2) is 5.78 Å². The van der Waals surface area contributed by atoms with Crippen molar-refractivity contribution >= 4 is 17.7 Å². The second-order valence-electron chi connectivity index (χ2n) is 5.94. The highest BCUT2D eigenvalue weighted by Crippen LogP contribution is 2.26. The summed E-state index contributed by atoms with van der Waals surface area (Å²) in [7, 11) is 0. The summed E-state index contributed by atoms with van der Waals surface area (Å²) in [4.78, 5) is 42.0. The molecule has 0 aliphatic carbocycles. The van der Waals surface area contributed by atoms with Gasteiger partial charge in [0.05, 0.1) is 24.8 Å². The van der Waals surface area contributed by atoms with Crippen molar-refractivity contribution in [1.82, 2.24) is 4.98 Å². The molecule has 28 heavy (non-hydrogen) atoms. The van der Waals surface area contributed by atoms with Crippen LogP contribution in [0.25, 0.3) is 0 Å². The number of benzene rings is 1. The number of esters is 2. The first-order valence-electron chi connectivity index (χ1n) is 9.00. The number of carbonyl (C=O) groups excluding carboxylic acids is 3. The van der Waals surface area contributed by atoms with E-state index >= 15 is 0 Å². The van der Waals surface area contributed by atoms with E-state index in [1.54, 1.807) is 44.2 Å². The molecule has 6 nitrogen and oxygen atoms in total. The molecule has 1 unspecified atom stereocenters. The van der Waals surface area contributed by atoms with E-state index in [1.807, 2.05) is 0 Å². The van der Waals surface area contributed by atoms with Gasteiger partial charge in [0, 0.05) is 6.20 Å². The zero-order valence-electron chi connectivity index (χ0n) is 15.8. The smallest absolute Gasteiger partial charge is 0.328 e. The third kappa shape index (κ3) is 5.22. The van der Waals surface area contributed by atoms with Crippen molar-refractivity contribution in [1.29, 1.82) is 0 Å². The molecule has 0 spiro atoms. The molecule has 1 aromatic heterocycles. The molecular formula is C21H22FNO5. The fraction of sp³-hybridized carbons (Fsp3) is 0.333. The molecule has 0 saturated carbocycles. The highest BCUT2D eigenvalue weighted by molar-refractivity contribution is 6.16. The maximum absolute atomic E-state index is 14.2. The molecular weight excluding hydrogens is 365 g/mol. The lowest BCUT2D eigenvalue weighted by Crippen LogP contribution is -2.38. The molecule has 0 aliphatic rings. The number of nitrogens with zero attached hydrogens (tertiary/aromatic N) is 1. The second-order valence-corrected chi connectivity index (χ2v) is 5.94. The Balaban J connectivity index is 2.44. The minimum atomic E-state index is -1.75. The van der Waals surface area contributed by atoms with Crippen LogP contribution in [0.1, 0.15) is 31.0 Å². The van der Waals surface area contributed by atoms with E-state index in [9.17, 15) is 18.8 Å². The van der Waals surface area contributed by atoms with Gasteiger partial charge >= 0.3 is 11.9 Å². The van der Waals surface area contributed by atoms with E-state index in [-0.39, 0.29) is 25.2 Å². The van der Waals surface area contributed by atoms with Crippen LogP contribution in [0.4, 0.5) is 4.39 Å². The molecule has 148 valence electrons. The average Bonchev–Trinajstić information content (AvgIpc) is 2.68. The third-order valence-corrected chi connectivity index (χ3v) is 4.10. The summed E-state index contributed by atoms with van der Waals surface area (Å²) in [6.45, 7) is 3.15. The normalized spacial score (nSPS) is 11.7. The number of hydrogen-bond acceptors (Lipinski definition) is 6. The second kappa shape index (κ2) is 10.3. The van der Waals surface area contributed by atoms with Gasteiger partial charge < -0.3 is 9.47 Å². The Morgan fingerprint density at radius 3 is 2.11 bits per heavy atom. The SMILES string of the molecule is CCOC(=O)C(C(=O)OCC)C(=O)C(Cc1ccccc1F)c1ccccn1. The lowest BCUT2D eigenvalue weighted by atomic mass is 9.85. The third-order valence-electron chi connectivity index (χ3n) is 4.10. The summed E-state index contributed by atoms with van der Waals surface area (Å²) in [5.74, 6) is -5.96. The van der Waals surface area contributed by atoms with Crippen molar-refractivity contribution in [2.24, 2.45) is 5.92 Å². The summed E-state index contributed by atoms with van der Waals surface area (Å²) in [5.41, 5.74) is 0.604. The number of ether oxygens (including phenoxy) is 2. The minimum Gasteiger partial charge on any atom is -0.465 e. The van der Waals surface area contributed by atoms with Crippen molar-refractivity contribution < 1.29 is 28.2 Å². The van der Waals surface area contributed by atoms with Gasteiger partial charge in [-0.3, -0.25) is 19.4 Å². The Bertz CT molecular complexity index is 807. The lowest BCUT2D eigenvalue weighted by molar-refractivity contribution is -0.164. The number of hydrogen-bond donors (Lipinski definition) is 0. The van der Waals surface area contributed by atoms with Crippen molar-refractivity contribution in [3.8, 4) is 0 Å². The van der Waals surface area contributed by atoms with Crippen molar-refractivity contribution in [3.63, 3.8) is 0 Å². The topological polar surface area (TPSA) is 82.6 Å². The van der Waals surface area contributed by atoms with Crippen LogP contribution in [-0.4, -0.2) is 35.9 Å². The van der Waals surface area contributed by atoms with Crippen LogP contribution in [0.2, 0.25) is 0 Å². The van der Waals surface area contributed by atoms with Crippen LogP contribution in [0.5, 0.6) is 0 Å². The quantitative estimate of drug-likeness (QED) is 0.486. The number of rotatable bonds is 9. The Labute approximate surface area is 162 Å². The average molecular weight is 387 g/mol. The highest BCUT2D eigenvalue weighted by Gasteiger charge is 2.41. The molecule has 0 N–H and O–H groups in total. The first-order valence-corrected chi connectivity index (χ1v) is 9.00. The van der Waals surface area contributed by atoms with E-state index in [4.69, 9.17) is 9.47 Å². The van der Waals surface area contributed by atoms with Crippen molar-refractivity contribution in [3.05, 3.63) is 65.7 Å². The number of Topliss-reactive ketones (excluding diaryl/α,β-unsaturated/α-hetero) is 1. The van der Waals surface area contributed by atoms with Crippen LogP contribution in [-0.2, 0) is 30.3 Å². The molecule has 0 radical (unpaired) electrons. The molecule has 1 heterocycles. The Kier molecular flexibility index (Phi) is 7.80. The Hall–Kier alpha value is -3.09. The highest BCUT2D eigenvalue weighted by atomic mass is 19.1. The molecule has 0 aliphatic heterocycles. The van der Waals surface area contributed by atoms with Gasteiger partial charge in [0.2, 0.25) is 5.92 Å². The summed E-state index contributed by atoms with van der Waals surface area (Å²) in [5, 5.41) is 0. The molecule has 1 aromatic carbocycles. The maximum atomic E-state index is 14.2. The zero-order valence-corrected chi connectivity index (χ0v) is 15.8. The zero-order chi connectivity index (χ0) is 20.5. The summed E-state index contributed by atoms with van der Waals surface area (Å²) < 4.78 is 24.0. The van der Waals surface area contributed by atoms with Crippen LogP contribution in [0.3, 0.4) is 0 Å². The summed E-state index contributed by atoms with van der Waals surface area (Å²) >= 11 is 0. The van der Waals surface area contributed by atoms with Crippen LogP contribution >= 0.6 is 0 Å². The van der Waals surface area contributed by atoms with Crippen LogP contribution < -0.4 is 0 Å². The van der Waals surface area contributed by atoms with Crippen molar-refractivity contribution in [2.45, 2.75) is 26.2 Å². The molecule has 0 saturated heterocycles. The largest absolute Gasteiger partial charge is 0.465 e. The summed E-state index contributed by atoms with van der Waals surface area (Å²) in [6, 6.07) is 10.9. The van der Waals surface area contributed by atoms with Gasteiger partial charge in [-0.15, -0.1) is 0 Å². The van der Waals surface area contributed by atoms with Crippen LogP contribution in [0.15, 0.2) is 48.7 Å². The molecule has 2 rings (SSSR count). The molecule has 0 fully saturated rings. The molecule has 0 bridgehead atoms. The number of pyridine rings is 1. The van der Waals surface area contributed by atoms with Gasteiger partial charge in [-0.2, -0.15) is 0 Å². The Morgan fingerprint density at radius 1 is 0.964 bits per heavy atom. The monoisotopic (exact) mass is 387 g/mol. The van der Waals surface area contributed by atoms with Gasteiger partial charge in [0.25, 0.3) is 0 Å². The first-order chi connectivity index (χ1) is 13.5. The Morgan fingerprint density at radius 2 is 1.57 bits per heavy atom. The van der Waals surface area contributed by atoms with Crippen molar-refractivity contribution in [2.75, 3.05) is 13.2 Å². The number of ketones is 1. The number of carbonyl (C=O) groups is 3. The van der Waals surface area contributed by atoms with Gasteiger partial charge in [-0.1, -0.05) is 24.3 Å². The van der Waals surface area contributed by atoms with E-state index < -0.39 is 35.4 Å². The minimum absolute atomic E-state index is 0.00356. The standard InChI is InChI=1S/C21H22FNO5/c1-3-27-20(25)18(21(26)28-4-2)19(24)15(17-11-7-8-12-23-17)13-14-9-5-6-10-16(14)22/h5-12,15,18H,3-4,13H2,1-2H3. The fourth-order valence-corrected chi connectivity index (χ4v) is 2.80. The number of halogens is 1. The molecule has 0 amide bonds. The first kappa shape index (κ1) is 21.2. The molecule has 7 heteroatoms. The lowest BCUT2D eigenvalue weighted by Gasteiger charge is -2.20. The van der Waals surface area contributed by atoms with E-state index in [1.165, 1.54) is 18.3 Å². The van der Waals surface area contributed by atoms with Crippen LogP contribution in [0, 0.1) is 11.7 Å². The predicted octanol–water partition coefficient (Wildman–Crippen LogP) is 2.86. The summed E-state index contributed by atoms with van der Waals surface area (Å²) in [6.07, 6.45) is 1.43. The van der Waals surface area contributed by atoms with Gasteiger partial charge in [-0.05, 0) is 44.0 Å². The van der Waals surface area contributed by atoms with Gasteiger partial charge in [0.1, 0.15) is 5.82 Å². The molecule has 2 aromatic rings.